The van der Waals surface area contributed by atoms with E-state index in [0.717, 1.165) is 0 Å². The summed E-state index contributed by atoms with van der Waals surface area (Å²) in [6.45, 7) is 0. The molecule has 0 bridgehead atoms. The van der Waals surface area contributed by atoms with Crippen molar-refractivity contribution in [3.63, 3.8) is 0 Å². The van der Waals surface area contributed by atoms with Crippen molar-refractivity contribution in [1.29, 1.82) is 0 Å². The average molecular weight is 204 g/mol. The number of H-pyrrole nitrogens is 1. The van der Waals surface area contributed by atoms with Gasteiger partial charge >= 0.3 is 0 Å². The number of Topliss-reactive ketones (excluding diaryl/α,β-unsaturated/α-hetero) is 1. The van der Waals surface area contributed by atoms with Gasteiger partial charge in [-0.3, -0.25) is 4.79 Å². The molecule has 0 spiro atoms. The molecule has 10 heavy (non-hydrogen) atoms. The first-order valence-corrected chi connectivity index (χ1v) is 3.76. The quantitative estimate of drug-likeness (QED) is 0.546. The van der Waals surface area contributed by atoms with Crippen LogP contribution in [-0.2, 0) is 0 Å². The van der Waals surface area contributed by atoms with E-state index in [1.165, 1.54) is 6.20 Å². The highest BCUT2D eigenvalue weighted by Crippen LogP contribution is 2.00. The maximum Gasteiger partial charge on any atom is 0.197 e. The Kier molecular flexibility index (Phi) is 2.06. The van der Waals surface area contributed by atoms with Crippen LogP contribution in [-0.4, -0.2) is 21.1 Å². The second-order valence-electron chi connectivity index (χ2n) is 1.74. The molecule has 3 N–H and O–H groups in total. The highest BCUT2D eigenvalue weighted by molar-refractivity contribution is 9.09. The zero-order valence-electron chi connectivity index (χ0n) is 5.10. The lowest BCUT2D eigenvalue weighted by Crippen LogP contribution is -2.00. The molecule has 0 amide bonds. The first kappa shape index (κ1) is 7.27. The zero-order chi connectivity index (χ0) is 7.56. The van der Waals surface area contributed by atoms with Gasteiger partial charge in [0.25, 0.3) is 0 Å². The Morgan fingerprint density at radius 1 is 1.90 bits per heavy atom. The number of nitrogens with two attached hydrogens (primary N) is 1. The summed E-state index contributed by atoms with van der Waals surface area (Å²) in [5, 5.41) is 0.286. The van der Waals surface area contributed by atoms with E-state index in [9.17, 15) is 4.79 Å². The van der Waals surface area contributed by atoms with Crippen molar-refractivity contribution in [2.24, 2.45) is 0 Å². The lowest BCUT2D eigenvalue weighted by molar-refractivity contribution is 0.101. The van der Waals surface area contributed by atoms with E-state index in [0.29, 0.717) is 5.69 Å². The lowest BCUT2D eigenvalue weighted by atomic mass is 10.3. The Morgan fingerprint density at radius 3 is 3.00 bits per heavy atom. The molecule has 54 valence electrons. The number of imidazole rings is 1. The molecule has 1 heterocycles. The monoisotopic (exact) mass is 203 g/mol. The molecule has 0 radical (unpaired) electrons. The standard InChI is InChI=1S/C5H6BrN3O/c6-1-4(10)3-2-8-5(7)9-3/h2H,1H2,(H3,7,8,9). The fourth-order valence-corrected chi connectivity index (χ4v) is 0.852. The van der Waals surface area contributed by atoms with Gasteiger partial charge in [0.15, 0.2) is 11.7 Å². The molecule has 0 aliphatic heterocycles. The molecule has 1 rings (SSSR count). The van der Waals surface area contributed by atoms with E-state index in [1.54, 1.807) is 0 Å². The highest BCUT2D eigenvalue weighted by atomic mass is 79.9. The third-order valence-electron chi connectivity index (χ3n) is 1.02. The number of hydrogen-bond donors (Lipinski definition) is 2. The van der Waals surface area contributed by atoms with Gasteiger partial charge in [0.05, 0.1) is 11.5 Å². The molecule has 0 saturated carbocycles. The van der Waals surface area contributed by atoms with Crippen LogP contribution in [0, 0.1) is 0 Å². The van der Waals surface area contributed by atoms with Crippen molar-refractivity contribution in [3.8, 4) is 0 Å². The minimum absolute atomic E-state index is 0.0517. The second kappa shape index (κ2) is 2.83. The summed E-state index contributed by atoms with van der Waals surface area (Å²) in [7, 11) is 0. The topological polar surface area (TPSA) is 71.8 Å². The number of aromatic nitrogens is 2. The fraction of sp³-hybridized carbons (Fsp3) is 0.200. The molecule has 0 saturated heterocycles. The zero-order valence-corrected chi connectivity index (χ0v) is 6.68. The summed E-state index contributed by atoms with van der Waals surface area (Å²) in [4.78, 5) is 17.1. The SMILES string of the molecule is Nc1ncc(C(=O)CBr)[nH]1. The van der Waals surface area contributed by atoms with Gasteiger partial charge in [-0.1, -0.05) is 15.9 Å². The first-order valence-electron chi connectivity index (χ1n) is 2.63. The number of alkyl halides is 1. The number of rotatable bonds is 2. The van der Waals surface area contributed by atoms with Crippen LogP contribution >= 0.6 is 15.9 Å². The summed E-state index contributed by atoms with van der Waals surface area (Å²) < 4.78 is 0. The predicted molar refractivity (Wildman–Crippen MR) is 41.1 cm³/mol. The summed E-state index contributed by atoms with van der Waals surface area (Å²) in [5.74, 6) is 0.216. The van der Waals surface area contributed by atoms with E-state index in [2.05, 4.69) is 25.9 Å². The van der Waals surface area contributed by atoms with Crippen molar-refractivity contribution in [2.45, 2.75) is 0 Å². The highest BCUT2D eigenvalue weighted by Gasteiger charge is 2.04. The van der Waals surface area contributed by atoms with E-state index in [1.807, 2.05) is 0 Å². The first-order chi connectivity index (χ1) is 4.74. The van der Waals surface area contributed by atoms with Gasteiger partial charge in [0.1, 0.15) is 5.69 Å². The summed E-state index contributed by atoms with van der Waals surface area (Å²) >= 11 is 3.02. The Hall–Kier alpha value is -0.840. The van der Waals surface area contributed by atoms with E-state index >= 15 is 0 Å². The largest absolute Gasteiger partial charge is 0.369 e. The normalized spacial score (nSPS) is 9.70. The number of aromatic amines is 1. The molecule has 0 aliphatic rings. The maximum atomic E-state index is 10.9. The van der Waals surface area contributed by atoms with Crippen LogP contribution in [0.2, 0.25) is 0 Å². The maximum absolute atomic E-state index is 10.9. The number of nitrogen functional groups attached to an aromatic ring is 1. The third-order valence-corrected chi connectivity index (χ3v) is 1.53. The van der Waals surface area contributed by atoms with Gasteiger partial charge in [0, 0.05) is 0 Å². The molecule has 0 atom stereocenters. The van der Waals surface area contributed by atoms with E-state index in [4.69, 9.17) is 5.73 Å². The Balaban J connectivity index is 2.85. The molecule has 0 unspecified atom stereocenters. The average Bonchev–Trinajstić information content (AvgIpc) is 2.34. The van der Waals surface area contributed by atoms with Crippen LogP contribution < -0.4 is 5.73 Å². The van der Waals surface area contributed by atoms with Gasteiger partial charge in [-0.05, 0) is 0 Å². The Morgan fingerprint density at radius 2 is 2.60 bits per heavy atom. The van der Waals surface area contributed by atoms with Gasteiger partial charge < -0.3 is 10.7 Å². The third kappa shape index (κ3) is 1.36. The summed E-state index contributed by atoms with van der Waals surface area (Å²) in [6, 6.07) is 0. The van der Waals surface area contributed by atoms with Crippen LogP contribution in [0.4, 0.5) is 5.95 Å². The molecular weight excluding hydrogens is 198 g/mol. The summed E-state index contributed by atoms with van der Waals surface area (Å²) in [6.07, 6.45) is 1.42. The number of hydrogen-bond acceptors (Lipinski definition) is 3. The van der Waals surface area contributed by atoms with Gasteiger partial charge in [-0.2, -0.15) is 0 Å². The van der Waals surface area contributed by atoms with Crippen molar-refractivity contribution < 1.29 is 4.79 Å². The molecule has 0 aliphatic carbocycles. The second-order valence-corrected chi connectivity index (χ2v) is 2.30. The van der Waals surface area contributed by atoms with Gasteiger partial charge in [-0.25, -0.2) is 4.98 Å². The van der Waals surface area contributed by atoms with Crippen LogP contribution in [0.1, 0.15) is 10.5 Å². The van der Waals surface area contributed by atoms with Crippen LogP contribution in [0.25, 0.3) is 0 Å². The smallest absolute Gasteiger partial charge is 0.197 e. The molecular formula is C5H6BrN3O. The molecule has 0 aromatic carbocycles. The number of ketones is 1. The molecule has 0 fully saturated rings. The Labute approximate surface area is 66.0 Å². The van der Waals surface area contributed by atoms with Gasteiger partial charge in [-0.15, -0.1) is 0 Å². The number of nitrogens with zero attached hydrogens (tertiary/aromatic N) is 1. The van der Waals surface area contributed by atoms with Crippen LogP contribution in [0.3, 0.4) is 0 Å². The van der Waals surface area contributed by atoms with Crippen molar-refractivity contribution in [2.75, 3.05) is 11.1 Å². The van der Waals surface area contributed by atoms with Crippen molar-refractivity contribution in [3.05, 3.63) is 11.9 Å². The fourth-order valence-electron chi connectivity index (χ4n) is 0.550. The molecule has 1 aromatic rings. The minimum Gasteiger partial charge on any atom is -0.369 e. The lowest BCUT2D eigenvalue weighted by Gasteiger charge is -1.86. The number of nitrogens with one attached hydrogen (secondary N) is 1. The van der Waals surface area contributed by atoms with Crippen molar-refractivity contribution >= 4 is 27.7 Å². The summed E-state index contributed by atoms with van der Waals surface area (Å²) in [5.41, 5.74) is 5.68. The van der Waals surface area contributed by atoms with Crippen LogP contribution in [0.15, 0.2) is 6.20 Å². The molecule has 5 heteroatoms. The predicted octanol–water partition coefficient (Wildman–Crippen LogP) is 0.570. The van der Waals surface area contributed by atoms with E-state index in [-0.39, 0.29) is 17.1 Å². The minimum atomic E-state index is -0.0517. The molecule has 1 aromatic heterocycles. The molecule has 4 nitrogen and oxygen atoms in total. The number of anilines is 1. The van der Waals surface area contributed by atoms with E-state index < -0.39 is 0 Å². The van der Waals surface area contributed by atoms with Crippen molar-refractivity contribution in [1.82, 2.24) is 9.97 Å². The number of carbonyl (C=O) groups excluding carboxylic acids is 1. The Bertz CT molecular complexity index is 245. The number of halogens is 1. The van der Waals surface area contributed by atoms with Crippen LogP contribution in [0.5, 0.6) is 0 Å². The number of carbonyl (C=O) groups is 1. The van der Waals surface area contributed by atoms with Gasteiger partial charge in [0.2, 0.25) is 0 Å².